The number of aliphatic carboxylic acids is 1. The molecule has 0 saturated heterocycles. The molecule has 0 fully saturated rings. The molecule has 0 aromatic carbocycles. The number of carbonyl (C=O) groups excluding carboxylic acids is 1. The van der Waals surface area contributed by atoms with E-state index in [1.165, 1.54) is 6.07 Å². The number of hydrogen-bond donors (Lipinski definition) is 2. The van der Waals surface area contributed by atoms with E-state index in [4.69, 9.17) is 16.7 Å². The third-order valence-electron chi connectivity index (χ3n) is 1.16. The zero-order valence-electron chi connectivity index (χ0n) is 6.82. The third-order valence-corrected chi connectivity index (χ3v) is 2.39. The van der Waals surface area contributed by atoms with E-state index < -0.39 is 18.5 Å². The van der Waals surface area contributed by atoms with Gasteiger partial charge in [-0.05, 0) is 12.1 Å². The standard InChI is InChI=1S/C7H6ClNO4S/c8-5-2-1-4(14-5)7(12)9-13-3-6(10)11/h1-2H,3H2,(H,9,12)(H,10,11). The second-order valence-electron chi connectivity index (χ2n) is 2.22. The van der Waals surface area contributed by atoms with Crippen molar-refractivity contribution in [2.24, 2.45) is 0 Å². The first-order valence-corrected chi connectivity index (χ1v) is 4.68. The van der Waals surface area contributed by atoms with Crippen LogP contribution in [0, 0.1) is 0 Å². The number of hydroxylamine groups is 1. The molecule has 1 rings (SSSR count). The molecule has 0 bridgehead atoms. The van der Waals surface area contributed by atoms with Crippen molar-refractivity contribution < 1.29 is 19.5 Å². The van der Waals surface area contributed by atoms with Gasteiger partial charge in [0.05, 0.1) is 9.21 Å². The third kappa shape index (κ3) is 3.33. The van der Waals surface area contributed by atoms with Crippen molar-refractivity contribution in [1.82, 2.24) is 5.48 Å². The molecule has 7 heteroatoms. The maximum absolute atomic E-state index is 11.2. The predicted octanol–water partition coefficient (Wildman–Crippen LogP) is 1.15. The number of thiophene rings is 1. The molecule has 0 aliphatic heterocycles. The Morgan fingerprint density at radius 3 is 2.79 bits per heavy atom. The summed E-state index contributed by atoms with van der Waals surface area (Å²) in [5.41, 5.74) is 1.98. The van der Waals surface area contributed by atoms with E-state index in [0.29, 0.717) is 9.21 Å². The summed E-state index contributed by atoms with van der Waals surface area (Å²) < 4.78 is 0.480. The van der Waals surface area contributed by atoms with Crippen LogP contribution >= 0.6 is 22.9 Å². The average Bonchev–Trinajstić information content (AvgIpc) is 2.51. The molecule has 0 atom stereocenters. The van der Waals surface area contributed by atoms with E-state index in [2.05, 4.69) is 4.84 Å². The summed E-state index contributed by atoms with van der Waals surface area (Å²) in [5.74, 6) is -1.67. The highest BCUT2D eigenvalue weighted by Crippen LogP contribution is 2.20. The maximum atomic E-state index is 11.2. The van der Waals surface area contributed by atoms with Gasteiger partial charge in [-0.1, -0.05) is 11.6 Å². The summed E-state index contributed by atoms with van der Waals surface area (Å²) in [6.45, 7) is -0.579. The summed E-state index contributed by atoms with van der Waals surface area (Å²) >= 11 is 6.67. The molecule has 2 N–H and O–H groups in total. The molecule has 14 heavy (non-hydrogen) atoms. The SMILES string of the molecule is O=C(O)CONC(=O)c1ccc(Cl)s1. The quantitative estimate of drug-likeness (QED) is 0.768. The Morgan fingerprint density at radius 2 is 2.29 bits per heavy atom. The zero-order chi connectivity index (χ0) is 10.6. The van der Waals surface area contributed by atoms with Crippen molar-refractivity contribution >= 4 is 34.8 Å². The Balaban J connectivity index is 2.39. The van der Waals surface area contributed by atoms with Gasteiger partial charge in [-0.15, -0.1) is 11.3 Å². The van der Waals surface area contributed by atoms with Crippen LogP contribution in [0.4, 0.5) is 0 Å². The van der Waals surface area contributed by atoms with Crippen LogP contribution in [0.5, 0.6) is 0 Å². The van der Waals surface area contributed by atoms with Gasteiger partial charge in [0.15, 0.2) is 6.61 Å². The van der Waals surface area contributed by atoms with Crippen molar-refractivity contribution in [3.63, 3.8) is 0 Å². The highest BCUT2D eigenvalue weighted by atomic mass is 35.5. The van der Waals surface area contributed by atoms with Crippen LogP contribution in [-0.4, -0.2) is 23.6 Å². The minimum atomic E-state index is -1.16. The second-order valence-corrected chi connectivity index (χ2v) is 3.93. The molecular formula is C7H6ClNO4S. The van der Waals surface area contributed by atoms with Crippen molar-refractivity contribution in [3.05, 3.63) is 21.3 Å². The average molecular weight is 236 g/mol. The number of carbonyl (C=O) groups is 2. The van der Waals surface area contributed by atoms with Gasteiger partial charge < -0.3 is 5.11 Å². The van der Waals surface area contributed by atoms with Crippen LogP contribution < -0.4 is 5.48 Å². The number of hydrogen-bond acceptors (Lipinski definition) is 4. The van der Waals surface area contributed by atoms with Crippen molar-refractivity contribution in [1.29, 1.82) is 0 Å². The van der Waals surface area contributed by atoms with Gasteiger partial charge in [-0.3, -0.25) is 9.63 Å². The number of halogens is 1. The van der Waals surface area contributed by atoms with E-state index in [0.717, 1.165) is 11.3 Å². The second kappa shape index (κ2) is 4.94. The lowest BCUT2D eigenvalue weighted by Gasteiger charge is -2.00. The molecule has 0 unspecified atom stereocenters. The molecule has 1 aromatic rings. The number of carboxylic acid groups (broad SMARTS) is 1. The largest absolute Gasteiger partial charge is 0.479 e. The van der Waals surface area contributed by atoms with E-state index >= 15 is 0 Å². The molecule has 0 spiro atoms. The molecule has 0 radical (unpaired) electrons. The Hall–Kier alpha value is -1.11. The minimum absolute atomic E-state index is 0.361. The molecule has 1 aromatic heterocycles. The lowest BCUT2D eigenvalue weighted by atomic mass is 10.5. The summed E-state index contributed by atoms with van der Waals surface area (Å²) in [7, 11) is 0. The van der Waals surface area contributed by atoms with Gasteiger partial charge in [-0.2, -0.15) is 0 Å². The summed E-state index contributed by atoms with van der Waals surface area (Å²) in [4.78, 5) is 25.9. The minimum Gasteiger partial charge on any atom is -0.479 e. The van der Waals surface area contributed by atoms with Gasteiger partial charge in [0.2, 0.25) is 0 Å². The summed E-state index contributed by atoms with van der Waals surface area (Å²) in [6, 6.07) is 3.09. The molecule has 1 heterocycles. The van der Waals surface area contributed by atoms with E-state index in [-0.39, 0.29) is 0 Å². The van der Waals surface area contributed by atoms with Crippen LogP contribution in [0.2, 0.25) is 4.34 Å². The first-order chi connectivity index (χ1) is 6.59. The monoisotopic (exact) mass is 235 g/mol. The van der Waals surface area contributed by atoms with Crippen LogP contribution in [0.1, 0.15) is 9.67 Å². The molecule has 5 nitrogen and oxygen atoms in total. The van der Waals surface area contributed by atoms with E-state index in [1.807, 2.05) is 5.48 Å². The number of carboxylic acids is 1. The molecular weight excluding hydrogens is 230 g/mol. The summed E-state index contributed by atoms with van der Waals surface area (Å²) in [6.07, 6.45) is 0. The number of nitrogens with one attached hydrogen (secondary N) is 1. The van der Waals surface area contributed by atoms with E-state index in [1.54, 1.807) is 6.07 Å². The normalized spacial score (nSPS) is 9.79. The van der Waals surface area contributed by atoms with Crippen LogP contribution in [-0.2, 0) is 9.63 Å². The van der Waals surface area contributed by atoms with Crippen molar-refractivity contribution in [3.8, 4) is 0 Å². The van der Waals surface area contributed by atoms with Crippen LogP contribution in [0.3, 0.4) is 0 Å². The summed E-state index contributed by atoms with van der Waals surface area (Å²) in [5, 5.41) is 8.21. The topological polar surface area (TPSA) is 75.6 Å². The molecule has 0 saturated carbocycles. The molecule has 0 aliphatic rings. The van der Waals surface area contributed by atoms with Crippen molar-refractivity contribution in [2.75, 3.05) is 6.61 Å². The van der Waals surface area contributed by atoms with Gasteiger partial charge in [0, 0.05) is 0 Å². The molecule has 0 aliphatic carbocycles. The van der Waals surface area contributed by atoms with Crippen LogP contribution in [0.25, 0.3) is 0 Å². The highest BCUT2D eigenvalue weighted by Gasteiger charge is 2.08. The molecule has 1 amide bonds. The number of rotatable bonds is 4. The fourth-order valence-corrected chi connectivity index (χ4v) is 1.58. The Bertz CT molecular complexity index is 351. The lowest BCUT2D eigenvalue weighted by Crippen LogP contribution is -2.25. The highest BCUT2D eigenvalue weighted by molar-refractivity contribution is 7.17. The lowest BCUT2D eigenvalue weighted by molar-refractivity contribution is -0.144. The predicted molar refractivity (Wildman–Crippen MR) is 50.4 cm³/mol. The Labute approximate surface area is 88.2 Å². The van der Waals surface area contributed by atoms with E-state index in [9.17, 15) is 9.59 Å². The number of amides is 1. The van der Waals surface area contributed by atoms with Crippen molar-refractivity contribution in [2.45, 2.75) is 0 Å². The Kier molecular flexibility index (Phi) is 3.87. The van der Waals surface area contributed by atoms with Crippen LogP contribution in [0.15, 0.2) is 12.1 Å². The fourth-order valence-electron chi connectivity index (χ4n) is 0.650. The smallest absolute Gasteiger partial charge is 0.332 e. The zero-order valence-corrected chi connectivity index (χ0v) is 8.39. The Morgan fingerprint density at radius 1 is 1.57 bits per heavy atom. The van der Waals surface area contributed by atoms with Gasteiger partial charge in [0.25, 0.3) is 5.91 Å². The maximum Gasteiger partial charge on any atom is 0.332 e. The van der Waals surface area contributed by atoms with Gasteiger partial charge in [-0.25, -0.2) is 10.3 Å². The first-order valence-electron chi connectivity index (χ1n) is 3.49. The van der Waals surface area contributed by atoms with Gasteiger partial charge in [0.1, 0.15) is 0 Å². The fraction of sp³-hybridized carbons (Fsp3) is 0.143. The van der Waals surface area contributed by atoms with Gasteiger partial charge >= 0.3 is 5.97 Å². The first kappa shape index (κ1) is 11.0. The molecule has 76 valence electrons.